The van der Waals surface area contributed by atoms with Gasteiger partial charge < -0.3 is 14.8 Å². The molecule has 3 heteroatoms. The van der Waals surface area contributed by atoms with E-state index in [1.54, 1.807) is 0 Å². The fourth-order valence-electron chi connectivity index (χ4n) is 1.93. The van der Waals surface area contributed by atoms with Gasteiger partial charge in [0.2, 0.25) is 0 Å². The van der Waals surface area contributed by atoms with Gasteiger partial charge in [0.1, 0.15) is 0 Å². The van der Waals surface area contributed by atoms with Crippen molar-refractivity contribution >= 4 is 0 Å². The summed E-state index contributed by atoms with van der Waals surface area (Å²) in [6.45, 7) is 4.92. The Bertz CT molecular complexity index is 155. The van der Waals surface area contributed by atoms with E-state index in [0.29, 0.717) is 6.10 Å². The van der Waals surface area contributed by atoms with E-state index in [9.17, 15) is 0 Å². The highest BCUT2D eigenvalue weighted by Crippen LogP contribution is 2.29. The molecule has 0 bridgehead atoms. The predicted molar refractivity (Wildman–Crippen MR) is 46.0 cm³/mol. The summed E-state index contributed by atoms with van der Waals surface area (Å²) in [5.74, 6) is -0.265. The Labute approximate surface area is 73.4 Å². The number of nitrogens with one attached hydrogen (secondary N) is 1. The quantitative estimate of drug-likeness (QED) is 0.635. The van der Waals surface area contributed by atoms with Gasteiger partial charge in [-0.25, -0.2) is 0 Å². The molecule has 1 N–H and O–H groups in total. The molecule has 0 aromatic rings. The lowest BCUT2D eigenvalue weighted by Crippen LogP contribution is -2.46. The fourth-order valence-corrected chi connectivity index (χ4v) is 1.93. The minimum absolute atomic E-state index is 0.265. The summed E-state index contributed by atoms with van der Waals surface area (Å²) in [5.41, 5.74) is 0. The van der Waals surface area contributed by atoms with Crippen LogP contribution >= 0.6 is 0 Å². The maximum absolute atomic E-state index is 5.90. The molecule has 0 aliphatic carbocycles. The molecule has 2 aliphatic rings. The summed E-state index contributed by atoms with van der Waals surface area (Å²) in [4.78, 5) is 0. The molecule has 2 fully saturated rings. The van der Waals surface area contributed by atoms with Crippen LogP contribution in [0.4, 0.5) is 0 Å². The van der Waals surface area contributed by atoms with Crippen molar-refractivity contribution in [3.05, 3.63) is 0 Å². The fraction of sp³-hybridized carbons (Fsp3) is 1.00. The van der Waals surface area contributed by atoms with E-state index in [1.165, 1.54) is 0 Å². The lowest BCUT2D eigenvalue weighted by molar-refractivity contribution is -0.281. The Morgan fingerprint density at radius 1 is 1.58 bits per heavy atom. The molecule has 2 saturated heterocycles. The van der Waals surface area contributed by atoms with E-state index in [0.717, 1.165) is 39.0 Å². The third kappa shape index (κ3) is 1.49. The molecule has 0 aromatic heterocycles. The smallest absolute Gasteiger partial charge is 0.182 e. The molecule has 70 valence electrons. The second-order valence-corrected chi connectivity index (χ2v) is 3.62. The molecule has 2 atom stereocenters. The van der Waals surface area contributed by atoms with Crippen LogP contribution in [-0.2, 0) is 9.47 Å². The summed E-state index contributed by atoms with van der Waals surface area (Å²) in [7, 11) is 0. The first kappa shape index (κ1) is 8.48. The lowest BCUT2D eigenvalue weighted by Gasteiger charge is -2.37. The molecule has 0 aromatic carbocycles. The van der Waals surface area contributed by atoms with E-state index in [-0.39, 0.29) is 5.79 Å². The molecule has 2 rings (SSSR count). The summed E-state index contributed by atoms with van der Waals surface area (Å²) in [5, 5.41) is 3.28. The molecule has 2 unspecified atom stereocenters. The van der Waals surface area contributed by atoms with Crippen molar-refractivity contribution in [3.63, 3.8) is 0 Å². The summed E-state index contributed by atoms with van der Waals surface area (Å²) < 4.78 is 11.6. The topological polar surface area (TPSA) is 30.5 Å². The van der Waals surface area contributed by atoms with Gasteiger partial charge in [-0.2, -0.15) is 0 Å². The molecule has 1 spiro atoms. The molecule has 0 amide bonds. The summed E-state index contributed by atoms with van der Waals surface area (Å²) in [6, 6.07) is 0. The first-order valence-corrected chi connectivity index (χ1v) is 4.87. The van der Waals surface area contributed by atoms with E-state index in [1.807, 2.05) is 0 Å². The zero-order valence-corrected chi connectivity index (χ0v) is 7.64. The molecular weight excluding hydrogens is 154 g/mol. The SMILES string of the molecule is CCC1CCOC2(CCNC2)O1. The van der Waals surface area contributed by atoms with Crippen LogP contribution < -0.4 is 5.32 Å². The summed E-state index contributed by atoms with van der Waals surface area (Å²) in [6.07, 6.45) is 3.58. The van der Waals surface area contributed by atoms with Gasteiger partial charge in [0.25, 0.3) is 0 Å². The number of ether oxygens (including phenoxy) is 2. The van der Waals surface area contributed by atoms with Crippen LogP contribution in [0.3, 0.4) is 0 Å². The van der Waals surface area contributed by atoms with E-state index >= 15 is 0 Å². The monoisotopic (exact) mass is 171 g/mol. The van der Waals surface area contributed by atoms with Gasteiger partial charge in [-0.1, -0.05) is 6.92 Å². The van der Waals surface area contributed by atoms with Crippen LogP contribution in [0.2, 0.25) is 0 Å². The standard InChI is InChI=1S/C9H17NO2/c1-2-8-3-6-11-9(12-8)4-5-10-7-9/h8,10H,2-7H2,1H3. The number of hydrogen-bond donors (Lipinski definition) is 1. The highest BCUT2D eigenvalue weighted by molar-refractivity contribution is 4.84. The van der Waals surface area contributed by atoms with Gasteiger partial charge in [-0.3, -0.25) is 0 Å². The van der Waals surface area contributed by atoms with Crippen molar-refractivity contribution in [2.45, 2.75) is 38.1 Å². The molecular formula is C9H17NO2. The van der Waals surface area contributed by atoms with Gasteiger partial charge in [0.05, 0.1) is 12.7 Å². The van der Waals surface area contributed by atoms with Crippen LogP contribution in [0.1, 0.15) is 26.2 Å². The van der Waals surface area contributed by atoms with E-state index in [2.05, 4.69) is 12.2 Å². The van der Waals surface area contributed by atoms with E-state index < -0.39 is 0 Å². The Hall–Kier alpha value is -0.120. The Kier molecular flexibility index (Phi) is 2.35. The summed E-state index contributed by atoms with van der Waals surface area (Å²) >= 11 is 0. The molecule has 2 aliphatic heterocycles. The zero-order chi connectivity index (χ0) is 8.44. The third-order valence-electron chi connectivity index (χ3n) is 2.72. The van der Waals surface area contributed by atoms with Crippen LogP contribution in [0, 0.1) is 0 Å². The Morgan fingerprint density at radius 2 is 2.50 bits per heavy atom. The maximum atomic E-state index is 5.90. The normalized spacial score (nSPS) is 42.2. The van der Waals surface area contributed by atoms with Crippen molar-refractivity contribution in [2.75, 3.05) is 19.7 Å². The molecule has 3 nitrogen and oxygen atoms in total. The van der Waals surface area contributed by atoms with Gasteiger partial charge in [-0.05, 0) is 12.8 Å². The van der Waals surface area contributed by atoms with Crippen molar-refractivity contribution in [1.29, 1.82) is 0 Å². The first-order valence-electron chi connectivity index (χ1n) is 4.87. The number of rotatable bonds is 1. The highest BCUT2D eigenvalue weighted by atomic mass is 16.7. The highest BCUT2D eigenvalue weighted by Gasteiger charge is 2.40. The predicted octanol–water partition coefficient (Wildman–Crippen LogP) is 0.891. The molecule has 2 heterocycles. The Morgan fingerprint density at radius 3 is 3.17 bits per heavy atom. The zero-order valence-electron chi connectivity index (χ0n) is 7.64. The first-order chi connectivity index (χ1) is 5.85. The van der Waals surface area contributed by atoms with E-state index in [4.69, 9.17) is 9.47 Å². The van der Waals surface area contributed by atoms with Gasteiger partial charge in [-0.15, -0.1) is 0 Å². The van der Waals surface area contributed by atoms with Crippen molar-refractivity contribution in [3.8, 4) is 0 Å². The molecule has 0 radical (unpaired) electrons. The van der Waals surface area contributed by atoms with Gasteiger partial charge in [0.15, 0.2) is 5.79 Å². The number of hydrogen-bond acceptors (Lipinski definition) is 3. The maximum Gasteiger partial charge on any atom is 0.182 e. The second kappa shape index (κ2) is 3.32. The van der Waals surface area contributed by atoms with Crippen molar-refractivity contribution < 1.29 is 9.47 Å². The molecule has 0 saturated carbocycles. The lowest BCUT2D eigenvalue weighted by atomic mass is 10.1. The minimum atomic E-state index is -0.265. The van der Waals surface area contributed by atoms with Crippen LogP contribution in [-0.4, -0.2) is 31.6 Å². The van der Waals surface area contributed by atoms with Crippen molar-refractivity contribution in [1.82, 2.24) is 5.32 Å². The largest absolute Gasteiger partial charge is 0.348 e. The third-order valence-corrected chi connectivity index (χ3v) is 2.72. The van der Waals surface area contributed by atoms with Gasteiger partial charge >= 0.3 is 0 Å². The van der Waals surface area contributed by atoms with Crippen LogP contribution in [0.5, 0.6) is 0 Å². The second-order valence-electron chi connectivity index (χ2n) is 3.62. The van der Waals surface area contributed by atoms with Crippen molar-refractivity contribution in [2.24, 2.45) is 0 Å². The van der Waals surface area contributed by atoms with Crippen LogP contribution in [0.15, 0.2) is 0 Å². The Balaban J connectivity index is 1.97. The van der Waals surface area contributed by atoms with Gasteiger partial charge in [0, 0.05) is 19.5 Å². The average molecular weight is 171 g/mol. The average Bonchev–Trinajstić information content (AvgIpc) is 2.53. The minimum Gasteiger partial charge on any atom is -0.348 e. The van der Waals surface area contributed by atoms with Crippen LogP contribution in [0.25, 0.3) is 0 Å². The molecule has 12 heavy (non-hydrogen) atoms.